The smallest absolute Gasteiger partial charge is 0.227 e. The number of hydrogen-bond donors (Lipinski definition) is 1. The normalized spacial score (nSPS) is 17.9. The third-order valence-electron chi connectivity index (χ3n) is 6.87. The molecule has 1 saturated carbocycles. The summed E-state index contributed by atoms with van der Waals surface area (Å²) in [7, 11) is 0. The van der Waals surface area contributed by atoms with Gasteiger partial charge in [-0.2, -0.15) is 0 Å². The number of amides is 1. The van der Waals surface area contributed by atoms with Gasteiger partial charge in [0.05, 0.1) is 16.6 Å². The van der Waals surface area contributed by atoms with Crippen LogP contribution in [-0.2, 0) is 4.79 Å². The number of nitrogens with zero attached hydrogens (tertiary/aromatic N) is 2. The second-order valence-corrected chi connectivity index (χ2v) is 9.14. The maximum atomic E-state index is 14.9. The van der Waals surface area contributed by atoms with Crippen LogP contribution in [0.25, 0.3) is 22.4 Å². The van der Waals surface area contributed by atoms with Gasteiger partial charge in [0.2, 0.25) is 5.91 Å². The van der Waals surface area contributed by atoms with Crippen LogP contribution in [0.15, 0.2) is 72.8 Å². The molecule has 1 aliphatic rings. The lowest BCUT2D eigenvalue weighted by molar-refractivity contribution is -0.121. The summed E-state index contributed by atoms with van der Waals surface area (Å²) in [4.78, 5) is 30.2. The van der Waals surface area contributed by atoms with E-state index in [-0.39, 0.29) is 29.5 Å². The zero-order valence-electron chi connectivity index (χ0n) is 19.7. The van der Waals surface area contributed by atoms with Gasteiger partial charge in [-0.3, -0.25) is 9.59 Å². The maximum Gasteiger partial charge on any atom is 0.227 e. The number of rotatable bonds is 6. The molecule has 0 unspecified atom stereocenters. The van der Waals surface area contributed by atoms with Crippen LogP contribution in [0.4, 0.5) is 10.1 Å². The minimum Gasteiger partial charge on any atom is -0.326 e. The van der Waals surface area contributed by atoms with E-state index in [9.17, 15) is 14.0 Å². The van der Waals surface area contributed by atoms with E-state index in [1.165, 1.54) is 6.07 Å². The Morgan fingerprint density at radius 3 is 2.57 bits per heavy atom. The fourth-order valence-corrected chi connectivity index (χ4v) is 5.08. The Balaban J connectivity index is 1.53. The largest absolute Gasteiger partial charge is 0.326 e. The van der Waals surface area contributed by atoms with Crippen LogP contribution < -0.4 is 5.32 Å². The number of imidazole rings is 1. The van der Waals surface area contributed by atoms with Gasteiger partial charge in [-0.25, -0.2) is 9.37 Å². The number of Topliss-reactive ketones (excluding diaryl/α,β-unsaturated/α-hetero) is 1. The molecular weight excluding hydrogens is 441 g/mol. The van der Waals surface area contributed by atoms with E-state index in [0.717, 1.165) is 30.5 Å². The molecule has 0 radical (unpaired) electrons. The number of anilines is 1. The molecule has 0 saturated heterocycles. The molecule has 2 atom stereocenters. The first-order chi connectivity index (χ1) is 17.0. The molecule has 1 aromatic heterocycles. The highest BCUT2D eigenvalue weighted by atomic mass is 19.1. The average molecular weight is 470 g/mol. The van der Waals surface area contributed by atoms with Gasteiger partial charge in [0, 0.05) is 29.6 Å². The van der Waals surface area contributed by atoms with Crippen molar-refractivity contribution in [3.8, 4) is 11.4 Å². The fraction of sp³-hybridized carbons (Fsp3) is 0.276. The molecule has 35 heavy (non-hydrogen) atoms. The number of aromatic nitrogens is 2. The third kappa shape index (κ3) is 4.61. The van der Waals surface area contributed by atoms with Crippen LogP contribution in [0.3, 0.4) is 0 Å². The first kappa shape index (κ1) is 23.0. The van der Waals surface area contributed by atoms with Crippen LogP contribution in [0, 0.1) is 11.7 Å². The van der Waals surface area contributed by atoms with Crippen molar-refractivity contribution in [3.05, 3.63) is 84.2 Å². The van der Waals surface area contributed by atoms with Crippen molar-refractivity contribution in [1.82, 2.24) is 9.55 Å². The molecule has 4 aromatic rings. The molecule has 5 rings (SSSR count). The number of carbonyl (C=O) groups is 2. The molecular formula is C29H28FN3O2. The monoisotopic (exact) mass is 469 g/mol. The second kappa shape index (κ2) is 9.82. The van der Waals surface area contributed by atoms with Gasteiger partial charge in [-0.05, 0) is 61.7 Å². The summed E-state index contributed by atoms with van der Waals surface area (Å²) < 4.78 is 17.0. The molecule has 1 fully saturated rings. The van der Waals surface area contributed by atoms with Crippen LogP contribution in [0.2, 0.25) is 0 Å². The number of benzene rings is 3. The van der Waals surface area contributed by atoms with Crippen LogP contribution in [-0.4, -0.2) is 21.2 Å². The van der Waals surface area contributed by atoms with Gasteiger partial charge in [-0.1, -0.05) is 43.7 Å². The lowest BCUT2D eigenvalue weighted by Gasteiger charge is -2.31. The van der Waals surface area contributed by atoms with Gasteiger partial charge in [0.25, 0.3) is 0 Å². The van der Waals surface area contributed by atoms with Crippen molar-refractivity contribution in [1.29, 1.82) is 0 Å². The summed E-state index contributed by atoms with van der Waals surface area (Å²) in [5, 5.41) is 3.04. The van der Waals surface area contributed by atoms with E-state index in [1.807, 2.05) is 49.4 Å². The minimum atomic E-state index is -0.344. The summed E-state index contributed by atoms with van der Waals surface area (Å²) in [5.74, 6) is 0.0926. The molecule has 3 aromatic carbocycles. The minimum absolute atomic E-state index is 0.00795. The molecule has 6 heteroatoms. The van der Waals surface area contributed by atoms with Crippen molar-refractivity contribution >= 4 is 28.4 Å². The Morgan fingerprint density at radius 2 is 1.80 bits per heavy atom. The first-order valence-electron chi connectivity index (χ1n) is 12.2. The second-order valence-electron chi connectivity index (χ2n) is 9.14. The summed E-state index contributed by atoms with van der Waals surface area (Å²) in [6.07, 6.45) is 3.62. The topological polar surface area (TPSA) is 64.0 Å². The molecule has 5 nitrogen and oxygen atoms in total. The Labute approximate surface area is 204 Å². The van der Waals surface area contributed by atoms with E-state index >= 15 is 0 Å². The molecule has 0 spiro atoms. The SMILES string of the molecule is CCC(=O)c1ccc2c(c1)nc(-c1ccccc1F)n2[C@H]1CCC[C@@H](C(=O)Nc2ccccc2)C1. The Kier molecular flexibility index (Phi) is 6.45. The maximum absolute atomic E-state index is 14.9. The Hall–Kier alpha value is -3.80. The third-order valence-corrected chi connectivity index (χ3v) is 6.87. The summed E-state index contributed by atoms with van der Waals surface area (Å²) in [5.41, 5.74) is 3.33. The molecule has 178 valence electrons. The molecule has 1 amide bonds. The number of para-hydroxylation sites is 1. The first-order valence-corrected chi connectivity index (χ1v) is 12.2. The number of ketones is 1. The predicted octanol–water partition coefficient (Wildman–Crippen LogP) is 6.81. The Morgan fingerprint density at radius 1 is 1.03 bits per heavy atom. The predicted molar refractivity (Wildman–Crippen MR) is 136 cm³/mol. The zero-order chi connectivity index (χ0) is 24.4. The van der Waals surface area contributed by atoms with E-state index in [2.05, 4.69) is 9.88 Å². The highest BCUT2D eigenvalue weighted by Gasteiger charge is 2.31. The van der Waals surface area contributed by atoms with E-state index in [4.69, 9.17) is 4.98 Å². The zero-order valence-corrected chi connectivity index (χ0v) is 19.7. The molecule has 1 aliphatic carbocycles. The fourth-order valence-electron chi connectivity index (χ4n) is 5.08. The van der Waals surface area contributed by atoms with Crippen molar-refractivity contribution in [2.75, 3.05) is 5.32 Å². The van der Waals surface area contributed by atoms with Crippen molar-refractivity contribution in [2.45, 2.75) is 45.1 Å². The Bertz CT molecular complexity index is 1380. The summed E-state index contributed by atoms with van der Waals surface area (Å²) in [6.45, 7) is 1.83. The molecule has 1 N–H and O–H groups in total. The van der Waals surface area contributed by atoms with Crippen LogP contribution in [0.5, 0.6) is 0 Å². The highest BCUT2D eigenvalue weighted by molar-refractivity contribution is 5.99. The van der Waals surface area contributed by atoms with Crippen molar-refractivity contribution in [3.63, 3.8) is 0 Å². The molecule has 0 aliphatic heterocycles. The summed E-state index contributed by atoms with van der Waals surface area (Å²) >= 11 is 0. The summed E-state index contributed by atoms with van der Waals surface area (Å²) in [6, 6.07) is 21.6. The molecule has 0 bridgehead atoms. The van der Waals surface area contributed by atoms with Gasteiger partial charge >= 0.3 is 0 Å². The van der Waals surface area contributed by atoms with E-state index in [0.29, 0.717) is 35.3 Å². The number of halogens is 1. The lowest BCUT2D eigenvalue weighted by Crippen LogP contribution is -2.29. The average Bonchev–Trinajstić information content (AvgIpc) is 3.27. The number of carbonyl (C=O) groups excluding carboxylic acids is 2. The number of nitrogens with one attached hydrogen (secondary N) is 1. The van der Waals surface area contributed by atoms with Gasteiger partial charge in [-0.15, -0.1) is 0 Å². The van der Waals surface area contributed by atoms with Crippen LogP contribution >= 0.6 is 0 Å². The molecule has 1 heterocycles. The number of fused-ring (bicyclic) bond motifs is 1. The van der Waals surface area contributed by atoms with Gasteiger partial charge in [0.15, 0.2) is 5.78 Å². The van der Waals surface area contributed by atoms with Crippen molar-refractivity contribution < 1.29 is 14.0 Å². The van der Waals surface area contributed by atoms with Crippen LogP contribution in [0.1, 0.15) is 55.4 Å². The van der Waals surface area contributed by atoms with Gasteiger partial charge in [0.1, 0.15) is 11.6 Å². The quantitative estimate of drug-likeness (QED) is 0.316. The van der Waals surface area contributed by atoms with Crippen molar-refractivity contribution in [2.24, 2.45) is 5.92 Å². The van der Waals surface area contributed by atoms with E-state index in [1.54, 1.807) is 24.3 Å². The standard InChI is InChI=1S/C29H28FN3O2/c1-2-27(34)19-15-16-26-25(18-19)32-28(23-13-6-7-14-24(23)30)33(26)22-12-8-9-20(17-22)29(35)31-21-10-4-3-5-11-21/h3-7,10-11,13-16,18,20,22H,2,8-9,12,17H2,1H3,(H,31,35)/t20-,22+/m1/s1. The number of hydrogen-bond acceptors (Lipinski definition) is 3. The van der Waals surface area contributed by atoms with Gasteiger partial charge < -0.3 is 9.88 Å². The van der Waals surface area contributed by atoms with E-state index < -0.39 is 0 Å². The lowest BCUT2D eigenvalue weighted by atomic mass is 9.84. The highest BCUT2D eigenvalue weighted by Crippen LogP contribution is 2.39.